The molecule has 1 aromatic carbocycles. The molecule has 2 aromatic rings. The number of imidazole rings is 1. The Hall–Kier alpha value is -1.59. The van der Waals surface area contributed by atoms with Crippen molar-refractivity contribution in [3.8, 4) is 17.0 Å². The predicted octanol–water partition coefficient (Wildman–Crippen LogP) is 3.57. The lowest BCUT2D eigenvalue weighted by Gasteiger charge is -2.16. The van der Waals surface area contributed by atoms with E-state index in [2.05, 4.69) is 24.6 Å². The molecule has 0 atom stereocenters. The van der Waals surface area contributed by atoms with E-state index in [1.807, 2.05) is 22.9 Å². The SMILES string of the molecule is C[Si](C)(C)CCOCn1cncc1-c1ccc(O)cc1. The highest BCUT2D eigenvalue weighted by molar-refractivity contribution is 6.76. The predicted molar refractivity (Wildman–Crippen MR) is 83.4 cm³/mol. The molecule has 1 N–H and O–H groups in total. The molecule has 0 amide bonds. The molecule has 0 fully saturated rings. The molecule has 0 spiro atoms. The number of hydrogen-bond acceptors (Lipinski definition) is 3. The topological polar surface area (TPSA) is 47.3 Å². The van der Waals surface area contributed by atoms with Gasteiger partial charge in [-0.25, -0.2) is 4.98 Å². The van der Waals surface area contributed by atoms with Gasteiger partial charge in [0.1, 0.15) is 12.5 Å². The van der Waals surface area contributed by atoms with Gasteiger partial charge in [-0.15, -0.1) is 0 Å². The largest absolute Gasteiger partial charge is 0.508 e. The Balaban J connectivity index is 1.97. The number of aromatic nitrogens is 2. The van der Waals surface area contributed by atoms with Gasteiger partial charge in [-0.3, -0.25) is 0 Å². The number of benzene rings is 1. The van der Waals surface area contributed by atoms with Crippen molar-refractivity contribution in [3.05, 3.63) is 36.8 Å². The van der Waals surface area contributed by atoms with E-state index in [1.165, 1.54) is 0 Å². The Kier molecular flexibility index (Phi) is 4.62. The van der Waals surface area contributed by atoms with Crippen LogP contribution >= 0.6 is 0 Å². The van der Waals surface area contributed by atoms with E-state index in [0.717, 1.165) is 23.9 Å². The molecule has 0 aliphatic heterocycles. The molecule has 5 heteroatoms. The minimum Gasteiger partial charge on any atom is -0.508 e. The Bertz CT molecular complexity index is 544. The maximum atomic E-state index is 9.33. The van der Waals surface area contributed by atoms with E-state index in [0.29, 0.717) is 6.73 Å². The van der Waals surface area contributed by atoms with Gasteiger partial charge < -0.3 is 14.4 Å². The van der Waals surface area contributed by atoms with E-state index >= 15 is 0 Å². The second-order valence-corrected chi connectivity index (χ2v) is 11.8. The van der Waals surface area contributed by atoms with Crippen molar-refractivity contribution in [1.82, 2.24) is 9.55 Å². The Morgan fingerprint density at radius 3 is 2.55 bits per heavy atom. The molecule has 0 saturated heterocycles. The number of rotatable bonds is 6. The van der Waals surface area contributed by atoms with Crippen LogP contribution in [0.25, 0.3) is 11.3 Å². The van der Waals surface area contributed by atoms with Crippen molar-refractivity contribution in [2.75, 3.05) is 6.61 Å². The highest BCUT2D eigenvalue weighted by Crippen LogP contribution is 2.21. The lowest BCUT2D eigenvalue weighted by Crippen LogP contribution is -2.22. The first-order chi connectivity index (χ1) is 9.46. The van der Waals surface area contributed by atoms with Gasteiger partial charge in [-0.1, -0.05) is 19.6 Å². The van der Waals surface area contributed by atoms with Gasteiger partial charge in [0, 0.05) is 20.2 Å². The molecule has 108 valence electrons. The first-order valence-electron chi connectivity index (χ1n) is 6.83. The van der Waals surface area contributed by atoms with Crippen LogP contribution in [0.3, 0.4) is 0 Å². The third kappa shape index (κ3) is 4.21. The van der Waals surface area contributed by atoms with Crippen LogP contribution in [-0.2, 0) is 11.5 Å². The first kappa shape index (κ1) is 14.8. The average molecular weight is 290 g/mol. The Morgan fingerprint density at radius 1 is 1.20 bits per heavy atom. The number of ether oxygens (including phenoxy) is 1. The van der Waals surface area contributed by atoms with Crippen LogP contribution in [0.15, 0.2) is 36.8 Å². The minimum atomic E-state index is -1.04. The zero-order valence-electron chi connectivity index (χ0n) is 12.3. The van der Waals surface area contributed by atoms with Gasteiger partial charge in [0.25, 0.3) is 0 Å². The van der Waals surface area contributed by atoms with Gasteiger partial charge in [-0.05, 0) is 30.3 Å². The Labute approximate surface area is 121 Å². The average Bonchev–Trinajstić information content (AvgIpc) is 2.83. The summed E-state index contributed by atoms with van der Waals surface area (Å²) in [6.45, 7) is 8.34. The Morgan fingerprint density at radius 2 is 1.90 bits per heavy atom. The molecule has 0 aliphatic rings. The lowest BCUT2D eigenvalue weighted by molar-refractivity contribution is 0.0882. The standard InChI is InChI=1S/C15H22N2O2Si/c1-20(2,3)9-8-19-12-17-11-16-10-15(17)13-4-6-14(18)7-5-13/h4-7,10-11,18H,8-9,12H2,1-3H3. The highest BCUT2D eigenvalue weighted by atomic mass is 28.3. The van der Waals surface area contributed by atoms with Crippen LogP contribution in [0.5, 0.6) is 5.75 Å². The molecule has 0 unspecified atom stereocenters. The fraction of sp³-hybridized carbons (Fsp3) is 0.400. The quantitative estimate of drug-likeness (QED) is 0.653. The van der Waals surface area contributed by atoms with Crippen LogP contribution in [-0.4, -0.2) is 29.3 Å². The van der Waals surface area contributed by atoms with Crippen LogP contribution in [0.2, 0.25) is 25.7 Å². The van der Waals surface area contributed by atoms with E-state index in [-0.39, 0.29) is 5.75 Å². The first-order valence-corrected chi connectivity index (χ1v) is 10.5. The normalized spacial score (nSPS) is 11.8. The van der Waals surface area contributed by atoms with Gasteiger partial charge in [-0.2, -0.15) is 0 Å². The van der Waals surface area contributed by atoms with Gasteiger partial charge in [0.05, 0.1) is 18.2 Å². The van der Waals surface area contributed by atoms with Crippen LogP contribution in [0, 0.1) is 0 Å². The van der Waals surface area contributed by atoms with Crippen molar-refractivity contribution in [1.29, 1.82) is 0 Å². The second-order valence-electron chi connectivity index (χ2n) is 6.14. The molecular weight excluding hydrogens is 268 g/mol. The van der Waals surface area contributed by atoms with Crippen molar-refractivity contribution in [3.63, 3.8) is 0 Å². The van der Waals surface area contributed by atoms with Gasteiger partial charge in [0.15, 0.2) is 0 Å². The summed E-state index contributed by atoms with van der Waals surface area (Å²) >= 11 is 0. The second kappa shape index (κ2) is 6.24. The summed E-state index contributed by atoms with van der Waals surface area (Å²) in [5.41, 5.74) is 2.02. The lowest BCUT2D eigenvalue weighted by atomic mass is 10.1. The molecule has 0 saturated carbocycles. The summed E-state index contributed by atoms with van der Waals surface area (Å²) in [6.07, 6.45) is 3.59. The fourth-order valence-electron chi connectivity index (χ4n) is 1.84. The summed E-state index contributed by atoms with van der Waals surface area (Å²) in [4.78, 5) is 4.18. The fourth-order valence-corrected chi connectivity index (χ4v) is 2.59. The van der Waals surface area contributed by atoms with Crippen LogP contribution < -0.4 is 0 Å². The molecule has 0 bridgehead atoms. The summed E-state index contributed by atoms with van der Waals surface area (Å²) in [5.74, 6) is 0.270. The molecule has 2 rings (SSSR count). The number of nitrogens with zero attached hydrogens (tertiary/aromatic N) is 2. The highest BCUT2D eigenvalue weighted by Gasteiger charge is 2.12. The van der Waals surface area contributed by atoms with E-state index in [1.54, 1.807) is 18.5 Å². The van der Waals surface area contributed by atoms with Gasteiger partial charge >= 0.3 is 0 Å². The summed E-state index contributed by atoms with van der Waals surface area (Å²) in [5, 5.41) is 9.33. The van der Waals surface area contributed by atoms with E-state index in [9.17, 15) is 5.11 Å². The van der Waals surface area contributed by atoms with E-state index < -0.39 is 8.07 Å². The van der Waals surface area contributed by atoms with Crippen LogP contribution in [0.4, 0.5) is 0 Å². The zero-order chi connectivity index (χ0) is 14.6. The molecule has 1 aromatic heterocycles. The maximum Gasteiger partial charge on any atom is 0.124 e. The maximum absolute atomic E-state index is 9.33. The number of hydrogen-bond donors (Lipinski definition) is 1. The summed E-state index contributed by atoms with van der Waals surface area (Å²) < 4.78 is 7.73. The summed E-state index contributed by atoms with van der Waals surface area (Å²) in [7, 11) is -1.04. The third-order valence-electron chi connectivity index (χ3n) is 3.10. The summed E-state index contributed by atoms with van der Waals surface area (Å²) in [6, 6.07) is 8.28. The van der Waals surface area contributed by atoms with Crippen molar-refractivity contribution in [2.45, 2.75) is 32.4 Å². The number of phenols is 1. The molecule has 4 nitrogen and oxygen atoms in total. The zero-order valence-corrected chi connectivity index (χ0v) is 13.3. The van der Waals surface area contributed by atoms with Crippen molar-refractivity contribution in [2.24, 2.45) is 0 Å². The minimum absolute atomic E-state index is 0.270. The molecule has 0 aliphatic carbocycles. The van der Waals surface area contributed by atoms with Crippen LogP contribution in [0.1, 0.15) is 0 Å². The molecule has 1 heterocycles. The molecular formula is C15H22N2O2Si. The molecule has 20 heavy (non-hydrogen) atoms. The monoisotopic (exact) mass is 290 g/mol. The molecule has 0 radical (unpaired) electrons. The van der Waals surface area contributed by atoms with Crippen molar-refractivity contribution >= 4 is 8.07 Å². The number of phenolic OH excluding ortho intramolecular Hbond substituents is 1. The third-order valence-corrected chi connectivity index (χ3v) is 4.81. The van der Waals surface area contributed by atoms with E-state index in [4.69, 9.17) is 4.74 Å². The number of aromatic hydroxyl groups is 1. The van der Waals surface area contributed by atoms with Crippen molar-refractivity contribution < 1.29 is 9.84 Å². The smallest absolute Gasteiger partial charge is 0.124 e. The van der Waals surface area contributed by atoms with Gasteiger partial charge in [0.2, 0.25) is 0 Å².